The molecule has 2 aromatic carbocycles. The molecule has 0 bridgehead atoms. The second kappa shape index (κ2) is 16.0. The van der Waals surface area contributed by atoms with Gasteiger partial charge in [-0.15, -0.1) is 0 Å². The number of alkyl halides is 3. The molecule has 2 aromatic rings. The van der Waals surface area contributed by atoms with Gasteiger partial charge in [-0.25, -0.2) is 0 Å². The average molecular weight is 716 g/mol. The summed E-state index contributed by atoms with van der Waals surface area (Å²) in [5.41, 5.74) is -4.65. The number of carbonyl (C=O) groups excluding carboxylic acids is 4. The number of benzene rings is 2. The summed E-state index contributed by atoms with van der Waals surface area (Å²) in [5.74, 6) is -3.72. The summed E-state index contributed by atoms with van der Waals surface area (Å²) >= 11 is 0. The zero-order valence-corrected chi connectivity index (χ0v) is 27.6. The van der Waals surface area contributed by atoms with Crippen molar-refractivity contribution in [1.29, 1.82) is 5.26 Å². The monoisotopic (exact) mass is 715 g/mol. The quantitative estimate of drug-likeness (QED) is 0.134. The van der Waals surface area contributed by atoms with Crippen molar-refractivity contribution < 1.29 is 73.4 Å². The summed E-state index contributed by atoms with van der Waals surface area (Å²) in [4.78, 5) is 48.4. The summed E-state index contributed by atoms with van der Waals surface area (Å²) in [6, 6.07) is 9.45. The van der Waals surface area contributed by atoms with Crippen LogP contribution in [0.1, 0.15) is 63.0 Å². The van der Waals surface area contributed by atoms with Crippen molar-refractivity contribution >= 4 is 34.0 Å². The van der Waals surface area contributed by atoms with E-state index in [4.69, 9.17) is 28.4 Å². The molecule has 1 fully saturated rings. The fourth-order valence-electron chi connectivity index (χ4n) is 4.93. The SMILES string of the molecule is CCOc1cc(C#N)c(Cc2ccc(OS(=O)(=O)C(F)(F)F)cc2)cc1[C@@H]1OC(COC(C)=O)[C@@H](OC(C)=O)[C@H](OC(C)=O)[C@H]1OC(C)=O. The van der Waals surface area contributed by atoms with Crippen LogP contribution in [0.4, 0.5) is 13.2 Å². The van der Waals surface area contributed by atoms with Crippen LogP contribution in [0.5, 0.6) is 11.5 Å². The number of carbonyl (C=O) groups is 4. The topological polar surface area (TPSA) is 191 Å². The van der Waals surface area contributed by atoms with Crippen molar-refractivity contribution in [1.82, 2.24) is 0 Å². The van der Waals surface area contributed by atoms with Gasteiger partial charge in [-0.2, -0.15) is 26.9 Å². The predicted octanol–water partition coefficient (Wildman–Crippen LogP) is 3.57. The zero-order valence-electron chi connectivity index (χ0n) is 26.8. The molecule has 3 rings (SSSR count). The fraction of sp³-hybridized carbons (Fsp3) is 0.452. The van der Waals surface area contributed by atoms with Gasteiger partial charge < -0.3 is 32.6 Å². The van der Waals surface area contributed by atoms with Gasteiger partial charge in [-0.3, -0.25) is 19.2 Å². The molecule has 18 heteroatoms. The number of esters is 4. The number of ether oxygens (including phenoxy) is 6. The molecule has 0 radical (unpaired) electrons. The highest BCUT2D eigenvalue weighted by Gasteiger charge is 2.53. The molecule has 0 amide bonds. The molecule has 1 saturated heterocycles. The molecule has 1 unspecified atom stereocenters. The molecule has 1 aliphatic heterocycles. The van der Waals surface area contributed by atoms with Crippen molar-refractivity contribution in [2.45, 2.75) is 77.1 Å². The van der Waals surface area contributed by atoms with Gasteiger partial charge in [0.2, 0.25) is 0 Å². The molecular formula is C31H32F3NO13S. The number of hydrogen-bond donors (Lipinski definition) is 0. The van der Waals surface area contributed by atoms with Crippen LogP contribution in [0.25, 0.3) is 0 Å². The molecule has 266 valence electrons. The first-order chi connectivity index (χ1) is 22.9. The molecule has 5 atom stereocenters. The summed E-state index contributed by atoms with van der Waals surface area (Å²) in [6.07, 6.45) is -7.05. The molecule has 0 saturated carbocycles. The van der Waals surface area contributed by atoms with Crippen molar-refractivity contribution in [2.24, 2.45) is 0 Å². The van der Waals surface area contributed by atoms with Gasteiger partial charge in [0.15, 0.2) is 18.3 Å². The summed E-state index contributed by atoms with van der Waals surface area (Å²) in [6.45, 7) is 5.61. The predicted molar refractivity (Wildman–Crippen MR) is 158 cm³/mol. The minimum absolute atomic E-state index is 0.0418. The third-order valence-corrected chi connectivity index (χ3v) is 7.74. The highest BCUT2D eigenvalue weighted by Crippen LogP contribution is 2.42. The van der Waals surface area contributed by atoms with E-state index in [0.717, 1.165) is 39.8 Å². The van der Waals surface area contributed by atoms with E-state index in [1.165, 1.54) is 24.3 Å². The molecule has 1 heterocycles. The highest BCUT2D eigenvalue weighted by molar-refractivity contribution is 7.88. The highest BCUT2D eigenvalue weighted by atomic mass is 32.2. The van der Waals surface area contributed by atoms with E-state index in [1.54, 1.807) is 6.92 Å². The Hall–Kier alpha value is -4.89. The first-order valence-electron chi connectivity index (χ1n) is 14.5. The maximum Gasteiger partial charge on any atom is 0.534 e. The van der Waals surface area contributed by atoms with E-state index in [-0.39, 0.29) is 29.9 Å². The van der Waals surface area contributed by atoms with E-state index in [1.807, 2.05) is 6.07 Å². The second-order valence-corrected chi connectivity index (χ2v) is 12.1. The Morgan fingerprint density at radius 2 is 1.45 bits per heavy atom. The molecule has 0 N–H and O–H groups in total. The Balaban J connectivity index is 2.16. The smallest absolute Gasteiger partial charge is 0.493 e. The molecule has 49 heavy (non-hydrogen) atoms. The van der Waals surface area contributed by atoms with Crippen LogP contribution in [-0.2, 0) is 59.4 Å². The minimum Gasteiger partial charge on any atom is -0.493 e. The van der Waals surface area contributed by atoms with Crippen LogP contribution in [0.15, 0.2) is 36.4 Å². The van der Waals surface area contributed by atoms with Gasteiger partial charge in [-0.1, -0.05) is 12.1 Å². The lowest BCUT2D eigenvalue weighted by Gasteiger charge is -2.45. The van der Waals surface area contributed by atoms with Crippen LogP contribution in [0.3, 0.4) is 0 Å². The molecule has 1 aliphatic rings. The fourth-order valence-corrected chi connectivity index (χ4v) is 5.39. The Kier molecular flexibility index (Phi) is 12.6. The molecule has 0 aromatic heterocycles. The number of nitrogens with zero attached hydrogens (tertiary/aromatic N) is 1. The molecule has 0 spiro atoms. The van der Waals surface area contributed by atoms with Crippen LogP contribution in [-0.4, -0.2) is 75.4 Å². The summed E-state index contributed by atoms with van der Waals surface area (Å²) in [7, 11) is -5.91. The van der Waals surface area contributed by atoms with E-state index in [9.17, 15) is 46.0 Å². The maximum atomic E-state index is 12.8. The summed E-state index contributed by atoms with van der Waals surface area (Å²) < 4.78 is 98.9. The van der Waals surface area contributed by atoms with E-state index in [0.29, 0.717) is 11.1 Å². The van der Waals surface area contributed by atoms with E-state index >= 15 is 0 Å². The summed E-state index contributed by atoms with van der Waals surface area (Å²) in [5, 5.41) is 9.98. The Morgan fingerprint density at radius 3 is 1.96 bits per heavy atom. The van der Waals surface area contributed by atoms with Gasteiger partial charge in [0, 0.05) is 33.3 Å². The number of rotatable bonds is 12. The van der Waals surface area contributed by atoms with Gasteiger partial charge in [0.05, 0.1) is 18.2 Å². The maximum absolute atomic E-state index is 12.8. The van der Waals surface area contributed by atoms with Gasteiger partial charge in [0.1, 0.15) is 30.3 Å². The molecular weight excluding hydrogens is 683 g/mol. The Bertz CT molecular complexity index is 1700. The minimum atomic E-state index is -5.91. The van der Waals surface area contributed by atoms with E-state index in [2.05, 4.69) is 4.18 Å². The molecule has 0 aliphatic carbocycles. The van der Waals surface area contributed by atoms with Gasteiger partial charge in [0.25, 0.3) is 0 Å². The number of halogens is 3. The number of hydrogen-bond acceptors (Lipinski definition) is 14. The Morgan fingerprint density at radius 1 is 0.878 bits per heavy atom. The van der Waals surface area contributed by atoms with Crippen LogP contribution >= 0.6 is 0 Å². The van der Waals surface area contributed by atoms with Crippen molar-refractivity contribution in [3.8, 4) is 17.6 Å². The standard InChI is InChI=1S/C31H32F3NO13S/c1-6-42-25-13-22(14-35)21(11-20-7-9-23(10-8-20)48-49(40,41)31(32,33)34)12-24(25)27-29(45-18(4)38)30(46-19(5)39)28(44-17(3)37)26(47-27)15-43-16(2)36/h7-10,12-13,26-30H,6,11,15H2,1-5H3/t26?,27-,28+,29-,30-/m0/s1. The normalized spacial score (nSPS) is 20.7. The van der Waals surface area contributed by atoms with Gasteiger partial charge >= 0.3 is 39.5 Å². The van der Waals surface area contributed by atoms with Crippen LogP contribution < -0.4 is 8.92 Å². The lowest BCUT2D eigenvalue weighted by Crippen LogP contribution is -2.59. The lowest BCUT2D eigenvalue weighted by molar-refractivity contribution is -0.254. The van der Waals surface area contributed by atoms with E-state index < -0.39 is 82.4 Å². The van der Waals surface area contributed by atoms with Crippen LogP contribution in [0, 0.1) is 11.3 Å². The second-order valence-electron chi connectivity index (χ2n) is 10.5. The zero-order chi connectivity index (χ0) is 36.7. The third-order valence-electron chi connectivity index (χ3n) is 6.76. The molecule has 14 nitrogen and oxygen atoms in total. The Labute approximate surface area is 279 Å². The van der Waals surface area contributed by atoms with Crippen LogP contribution in [0.2, 0.25) is 0 Å². The first-order valence-corrected chi connectivity index (χ1v) is 15.9. The van der Waals surface area contributed by atoms with Crippen molar-refractivity contribution in [3.63, 3.8) is 0 Å². The first kappa shape index (κ1) is 38.6. The van der Waals surface area contributed by atoms with Crippen molar-refractivity contribution in [3.05, 3.63) is 58.7 Å². The van der Waals surface area contributed by atoms with Crippen molar-refractivity contribution in [2.75, 3.05) is 13.2 Å². The number of nitriles is 1. The lowest BCUT2D eigenvalue weighted by atomic mass is 9.87. The third kappa shape index (κ3) is 10.1. The largest absolute Gasteiger partial charge is 0.534 e. The van der Waals surface area contributed by atoms with Gasteiger partial charge in [-0.05, 0) is 48.7 Å². The average Bonchev–Trinajstić information content (AvgIpc) is 2.98.